The number of para-hydroxylation sites is 1. The summed E-state index contributed by atoms with van der Waals surface area (Å²) in [6.45, 7) is 1.49. The lowest BCUT2D eigenvalue weighted by Crippen LogP contribution is -2.06. The molecule has 2 aromatic carbocycles. The van der Waals surface area contributed by atoms with E-state index in [0.29, 0.717) is 11.8 Å². The van der Waals surface area contributed by atoms with Gasteiger partial charge in [0.2, 0.25) is 0 Å². The summed E-state index contributed by atoms with van der Waals surface area (Å²) in [7, 11) is 0. The molecule has 1 aromatic heterocycles. The van der Waals surface area contributed by atoms with Crippen molar-refractivity contribution in [1.82, 2.24) is 4.98 Å². The normalized spacial score (nSPS) is 11.5. The largest absolute Gasteiger partial charge is 0.418 e. The molecule has 0 aliphatic carbocycles. The number of anilines is 3. The zero-order valence-electron chi connectivity index (χ0n) is 15.5. The SMILES string of the molecule is Cc1c(C#N)c(Nc2ccccc2)nc(N)c1N=Nc1c(F)cccc1C(F)(F)F. The highest BCUT2D eigenvalue weighted by atomic mass is 19.4. The van der Waals surface area contributed by atoms with E-state index in [4.69, 9.17) is 5.73 Å². The van der Waals surface area contributed by atoms with E-state index < -0.39 is 23.2 Å². The molecule has 0 saturated carbocycles. The second kappa shape index (κ2) is 8.16. The Kier molecular flexibility index (Phi) is 5.64. The van der Waals surface area contributed by atoms with Crippen molar-refractivity contribution >= 4 is 28.7 Å². The lowest BCUT2D eigenvalue weighted by Gasteiger charge is -2.13. The maximum atomic E-state index is 14.0. The van der Waals surface area contributed by atoms with Gasteiger partial charge in [0.1, 0.15) is 17.4 Å². The third-order valence-corrected chi connectivity index (χ3v) is 4.13. The first-order valence-corrected chi connectivity index (χ1v) is 8.52. The molecule has 30 heavy (non-hydrogen) atoms. The number of pyridine rings is 1. The standard InChI is InChI=1S/C20H14F4N6/c1-11-13(10-25)19(27-12-6-3-2-4-7-12)28-18(26)16(11)29-30-17-14(20(22,23)24)8-5-9-15(17)21/h2-9H,1H3,(H3,26,27,28). The molecule has 0 radical (unpaired) electrons. The summed E-state index contributed by atoms with van der Waals surface area (Å²) in [5.74, 6) is -1.22. The number of nitrogens with zero attached hydrogens (tertiary/aromatic N) is 4. The second-order valence-corrected chi connectivity index (χ2v) is 6.13. The maximum Gasteiger partial charge on any atom is 0.418 e. The lowest BCUT2D eigenvalue weighted by atomic mass is 10.1. The van der Waals surface area contributed by atoms with Crippen LogP contribution in [0.4, 0.5) is 46.3 Å². The van der Waals surface area contributed by atoms with Gasteiger partial charge in [-0.1, -0.05) is 24.3 Å². The quantitative estimate of drug-likeness (QED) is 0.394. The number of azo groups is 1. The number of halogens is 4. The highest BCUT2D eigenvalue weighted by Crippen LogP contribution is 2.39. The van der Waals surface area contributed by atoms with Crippen molar-refractivity contribution in [3.8, 4) is 6.07 Å². The minimum Gasteiger partial charge on any atom is -0.382 e. The van der Waals surface area contributed by atoms with Gasteiger partial charge >= 0.3 is 6.18 Å². The number of aromatic nitrogens is 1. The van der Waals surface area contributed by atoms with Gasteiger partial charge in [-0.25, -0.2) is 9.37 Å². The number of rotatable bonds is 4. The highest BCUT2D eigenvalue weighted by molar-refractivity contribution is 5.75. The van der Waals surface area contributed by atoms with Crippen LogP contribution >= 0.6 is 0 Å². The first-order chi connectivity index (χ1) is 14.2. The zero-order chi connectivity index (χ0) is 21.9. The zero-order valence-corrected chi connectivity index (χ0v) is 15.5. The molecule has 0 fully saturated rings. The van der Waals surface area contributed by atoms with Crippen LogP contribution in [0.5, 0.6) is 0 Å². The van der Waals surface area contributed by atoms with E-state index in [2.05, 4.69) is 20.5 Å². The molecule has 152 valence electrons. The van der Waals surface area contributed by atoms with Crippen LogP contribution in [0, 0.1) is 24.1 Å². The monoisotopic (exact) mass is 414 g/mol. The first kappa shape index (κ1) is 20.7. The molecule has 0 aliphatic heterocycles. The van der Waals surface area contributed by atoms with E-state index >= 15 is 0 Å². The summed E-state index contributed by atoms with van der Waals surface area (Å²) in [6, 6.07) is 13.3. The van der Waals surface area contributed by atoms with Gasteiger partial charge in [-0.15, -0.1) is 10.2 Å². The minimum atomic E-state index is -4.82. The topological polar surface area (TPSA) is 99.5 Å². The Labute approximate surface area is 168 Å². The molecule has 0 unspecified atom stereocenters. The van der Waals surface area contributed by atoms with Crippen LogP contribution in [-0.4, -0.2) is 4.98 Å². The van der Waals surface area contributed by atoms with Gasteiger partial charge in [0.15, 0.2) is 17.5 Å². The van der Waals surface area contributed by atoms with Crippen LogP contribution in [0.2, 0.25) is 0 Å². The Morgan fingerprint density at radius 2 is 1.70 bits per heavy atom. The molecule has 10 heteroatoms. The number of hydrogen-bond donors (Lipinski definition) is 2. The van der Waals surface area contributed by atoms with E-state index in [1.807, 2.05) is 12.1 Å². The Morgan fingerprint density at radius 3 is 2.33 bits per heavy atom. The summed E-state index contributed by atoms with van der Waals surface area (Å²) in [5.41, 5.74) is 4.47. The maximum absolute atomic E-state index is 14.0. The molecule has 0 spiro atoms. The molecular weight excluding hydrogens is 400 g/mol. The lowest BCUT2D eigenvalue weighted by molar-refractivity contribution is -0.137. The molecule has 3 N–H and O–H groups in total. The van der Waals surface area contributed by atoms with Crippen molar-refractivity contribution in [1.29, 1.82) is 5.26 Å². The highest BCUT2D eigenvalue weighted by Gasteiger charge is 2.35. The molecule has 0 saturated heterocycles. The average Bonchev–Trinajstić information content (AvgIpc) is 2.69. The molecule has 6 nitrogen and oxygen atoms in total. The molecule has 1 heterocycles. The number of alkyl halides is 3. The Balaban J connectivity index is 2.06. The van der Waals surface area contributed by atoms with Gasteiger partial charge in [-0.3, -0.25) is 0 Å². The number of nitriles is 1. The fourth-order valence-electron chi connectivity index (χ4n) is 2.67. The minimum absolute atomic E-state index is 0.0755. The molecule has 0 amide bonds. The van der Waals surface area contributed by atoms with Gasteiger partial charge in [0.25, 0.3) is 0 Å². The van der Waals surface area contributed by atoms with E-state index in [1.165, 1.54) is 6.92 Å². The molecule has 3 aromatic rings. The molecule has 0 aliphatic rings. The number of nitrogens with two attached hydrogens (primary N) is 1. The van der Waals surface area contributed by atoms with Crippen molar-refractivity contribution in [3.05, 3.63) is 71.0 Å². The number of nitrogens with one attached hydrogen (secondary N) is 1. The summed E-state index contributed by atoms with van der Waals surface area (Å²) in [4.78, 5) is 4.08. The third-order valence-electron chi connectivity index (χ3n) is 4.13. The summed E-state index contributed by atoms with van der Waals surface area (Å²) in [5, 5.41) is 19.6. The van der Waals surface area contributed by atoms with Crippen molar-refractivity contribution in [2.45, 2.75) is 13.1 Å². The van der Waals surface area contributed by atoms with Crippen LogP contribution in [0.1, 0.15) is 16.7 Å². The Hall–Kier alpha value is -4.00. The van der Waals surface area contributed by atoms with Crippen molar-refractivity contribution in [2.24, 2.45) is 10.2 Å². The van der Waals surface area contributed by atoms with Crippen molar-refractivity contribution in [3.63, 3.8) is 0 Å². The molecule has 0 bridgehead atoms. The van der Waals surface area contributed by atoms with Crippen molar-refractivity contribution < 1.29 is 17.6 Å². The summed E-state index contributed by atoms with van der Waals surface area (Å²) in [6.07, 6.45) is -4.82. The first-order valence-electron chi connectivity index (χ1n) is 8.52. The van der Waals surface area contributed by atoms with Crippen LogP contribution in [0.25, 0.3) is 0 Å². The van der Waals surface area contributed by atoms with E-state index in [1.54, 1.807) is 24.3 Å². The average molecular weight is 414 g/mol. The fourth-order valence-corrected chi connectivity index (χ4v) is 2.67. The number of benzene rings is 2. The van der Waals surface area contributed by atoms with Gasteiger partial charge in [0.05, 0.1) is 11.1 Å². The van der Waals surface area contributed by atoms with Crippen LogP contribution in [0.3, 0.4) is 0 Å². The predicted octanol–water partition coefficient (Wildman–Crippen LogP) is 6.16. The van der Waals surface area contributed by atoms with Gasteiger partial charge < -0.3 is 11.1 Å². The third kappa shape index (κ3) is 4.20. The summed E-state index contributed by atoms with van der Waals surface area (Å²) < 4.78 is 53.4. The number of nitrogen functional groups attached to an aromatic ring is 1. The van der Waals surface area contributed by atoms with E-state index in [9.17, 15) is 22.8 Å². The Bertz CT molecular complexity index is 1150. The summed E-state index contributed by atoms with van der Waals surface area (Å²) >= 11 is 0. The van der Waals surface area contributed by atoms with E-state index in [-0.39, 0.29) is 28.5 Å². The van der Waals surface area contributed by atoms with Crippen LogP contribution in [-0.2, 0) is 6.18 Å². The Morgan fingerprint density at radius 1 is 1.03 bits per heavy atom. The van der Waals surface area contributed by atoms with Crippen LogP contribution < -0.4 is 11.1 Å². The molecule has 3 rings (SSSR count). The van der Waals surface area contributed by atoms with Gasteiger partial charge in [0, 0.05) is 11.3 Å². The smallest absolute Gasteiger partial charge is 0.382 e. The van der Waals surface area contributed by atoms with Crippen LogP contribution in [0.15, 0.2) is 58.8 Å². The predicted molar refractivity (Wildman–Crippen MR) is 103 cm³/mol. The van der Waals surface area contributed by atoms with Gasteiger partial charge in [-0.2, -0.15) is 18.4 Å². The van der Waals surface area contributed by atoms with Gasteiger partial charge in [-0.05, 0) is 31.2 Å². The molecular formula is C20H14F4N6. The number of hydrogen-bond acceptors (Lipinski definition) is 6. The molecule has 0 atom stereocenters. The fraction of sp³-hybridized carbons (Fsp3) is 0.100. The van der Waals surface area contributed by atoms with E-state index in [0.717, 1.165) is 12.1 Å². The van der Waals surface area contributed by atoms with Crippen molar-refractivity contribution in [2.75, 3.05) is 11.1 Å². The second-order valence-electron chi connectivity index (χ2n) is 6.13.